The molecular weight excluding hydrogens is 240 g/mol. The standard InChI is InChI=1S/C14H22N4O/c1-8-5-11(4)18(7-8)14-12(13(15)17-19)9(2)6-10(3)16-14/h6,8,11,19H,5,7H2,1-4H3,(H2,15,17). The van der Waals surface area contributed by atoms with E-state index in [2.05, 4.69) is 28.9 Å². The van der Waals surface area contributed by atoms with Crippen molar-refractivity contribution in [2.45, 2.75) is 40.2 Å². The highest BCUT2D eigenvalue weighted by atomic mass is 16.4. The highest BCUT2D eigenvalue weighted by molar-refractivity contribution is 6.02. The van der Waals surface area contributed by atoms with Crippen molar-refractivity contribution in [3.05, 3.63) is 22.9 Å². The Balaban J connectivity index is 2.55. The Kier molecular flexibility index (Phi) is 3.64. The highest BCUT2D eigenvalue weighted by Gasteiger charge is 2.30. The molecule has 5 nitrogen and oxygen atoms in total. The normalized spacial score (nSPS) is 24.0. The fourth-order valence-electron chi connectivity index (χ4n) is 2.99. The summed E-state index contributed by atoms with van der Waals surface area (Å²) in [5, 5.41) is 12.1. The number of anilines is 1. The number of hydrogen-bond donors (Lipinski definition) is 2. The second-order valence-corrected chi connectivity index (χ2v) is 5.61. The van der Waals surface area contributed by atoms with E-state index in [1.54, 1.807) is 0 Å². The van der Waals surface area contributed by atoms with Crippen LogP contribution in [0.1, 0.15) is 37.1 Å². The van der Waals surface area contributed by atoms with E-state index in [0.29, 0.717) is 12.0 Å². The summed E-state index contributed by atoms with van der Waals surface area (Å²) in [4.78, 5) is 6.89. The third kappa shape index (κ3) is 2.50. The van der Waals surface area contributed by atoms with Gasteiger partial charge in [0, 0.05) is 18.3 Å². The first-order valence-corrected chi connectivity index (χ1v) is 6.66. The average Bonchev–Trinajstić information content (AvgIpc) is 2.66. The summed E-state index contributed by atoms with van der Waals surface area (Å²) in [5.41, 5.74) is 8.51. The van der Waals surface area contributed by atoms with Crippen LogP contribution < -0.4 is 10.6 Å². The zero-order valence-electron chi connectivity index (χ0n) is 12.0. The molecule has 19 heavy (non-hydrogen) atoms. The summed E-state index contributed by atoms with van der Waals surface area (Å²) in [5.74, 6) is 1.61. The van der Waals surface area contributed by atoms with Crippen molar-refractivity contribution in [3.63, 3.8) is 0 Å². The first kappa shape index (κ1) is 13.6. The van der Waals surface area contributed by atoms with Crippen molar-refractivity contribution in [2.75, 3.05) is 11.4 Å². The Hall–Kier alpha value is -1.78. The Labute approximate surface area is 114 Å². The molecule has 104 valence electrons. The van der Waals surface area contributed by atoms with Gasteiger partial charge in [-0.05, 0) is 44.7 Å². The second-order valence-electron chi connectivity index (χ2n) is 5.61. The van der Waals surface area contributed by atoms with Crippen molar-refractivity contribution in [3.8, 4) is 0 Å². The minimum Gasteiger partial charge on any atom is -0.409 e. The maximum absolute atomic E-state index is 8.98. The number of nitrogens with zero attached hydrogens (tertiary/aromatic N) is 3. The van der Waals surface area contributed by atoms with Crippen molar-refractivity contribution in [1.82, 2.24) is 4.98 Å². The monoisotopic (exact) mass is 262 g/mol. The topological polar surface area (TPSA) is 74.7 Å². The molecule has 1 aromatic heterocycles. The van der Waals surface area contributed by atoms with E-state index in [1.165, 1.54) is 0 Å². The molecule has 1 saturated heterocycles. The van der Waals surface area contributed by atoms with Gasteiger partial charge in [-0.3, -0.25) is 0 Å². The molecular formula is C14H22N4O. The van der Waals surface area contributed by atoms with E-state index in [1.807, 2.05) is 19.9 Å². The van der Waals surface area contributed by atoms with E-state index in [0.717, 1.165) is 35.6 Å². The first-order chi connectivity index (χ1) is 8.93. The van der Waals surface area contributed by atoms with Gasteiger partial charge in [0.2, 0.25) is 0 Å². The molecule has 3 N–H and O–H groups in total. The van der Waals surface area contributed by atoms with Crippen molar-refractivity contribution >= 4 is 11.7 Å². The number of oxime groups is 1. The Morgan fingerprint density at radius 2 is 2.16 bits per heavy atom. The number of aryl methyl sites for hydroxylation is 2. The number of aromatic nitrogens is 1. The molecule has 0 spiro atoms. The third-order valence-electron chi connectivity index (χ3n) is 3.75. The number of nitrogens with two attached hydrogens (primary N) is 1. The molecule has 0 amide bonds. The number of hydrogen-bond acceptors (Lipinski definition) is 4. The minimum atomic E-state index is 0.131. The van der Waals surface area contributed by atoms with E-state index in [-0.39, 0.29) is 5.84 Å². The molecule has 5 heteroatoms. The molecule has 0 aromatic carbocycles. The van der Waals surface area contributed by atoms with Crippen LogP contribution in [0.4, 0.5) is 5.82 Å². The van der Waals surface area contributed by atoms with Gasteiger partial charge < -0.3 is 15.8 Å². The lowest BCUT2D eigenvalue weighted by atomic mass is 10.1. The Morgan fingerprint density at radius 3 is 2.68 bits per heavy atom. The summed E-state index contributed by atoms with van der Waals surface area (Å²) in [6.45, 7) is 9.33. The van der Waals surface area contributed by atoms with Crippen LogP contribution in [0.5, 0.6) is 0 Å². The maximum atomic E-state index is 8.98. The molecule has 2 unspecified atom stereocenters. The predicted octanol–water partition coefficient (Wildman–Crippen LogP) is 2.03. The molecule has 1 fully saturated rings. The highest BCUT2D eigenvalue weighted by Crippen LogP contribution is 2.31. The van der Waals surface area contributed by atoms with Crippen molar-refractivity contribution < 1.29 is 5.21 Å². The van der Waals surface area contributed by atoms with E-state index >= 15 is 0 Å². The molecule has 1 aliphatic heterocycles. The molecule has 0 bridgehead atoms. The van der Waals surface area contributed by atoms with E-state index in [9.17, 15) is 0 Å². The molecule has 0 radical (unpaired) electrons. The number of rotatable bonds is 2. The van der Waals surface area contributed by atoms with Crippen LogP contribution in [-0.2, 0) is 0 Å². The molecule has 2 atom stereocenters. The molecule has 2 rings (SSSR count). The smallest absolute Gasteiger partial charge is 0.174 e. The van der Waals surface area contributed by atoms with Crippen molar-refractivity contribution in [2.24, 2.45) is 16.8 Å². The third-order valence-corrected chi connectivity index (χ3v) is 3.75. The van der Waals surface area contributed by atoms with Crippen LogP contribution in [0.15, 0.2) is 11.2 Å². The van der Waals surface area contributed by atoms with Crippen LogP contribution in [0.25, 0.3) is 0 Å². The summed E-state index contributed by atoms with van der Waals surface area (Å²) in [6.07, 6.45) is 1.14. The number of pyridine rings is 1. The lowest BCUT2D eigenvalue weighted by Gasteiger charge is -2.26. The van der Waals surface area contributed by atoms with Gasteiger partial charge in [-0.1, -0.05) is 12.1 Å². The fourth-order valence-corrected chi connectivity index (χ4v) is 2.99. The van der Waals surface area contributed by atoms with Gasteiger partial charge in [0.1, 0.15) is 5.82 Å². The van der Waals surface area contributed by atoms with Crippen molar-refractivity contribution in [1.29, 1.82) is 0 Å². The molecule has 0 saturated carbocycles. The maximum Gasteiger partial charge on any atom is 0.174 e. The molecule has 0 aliphatic carbocycles. The Morgan fingerprint density at radius 1 is 1.47 bits per heavy atom. The van der Waals surface area contributed by atoms with Gasteiger partial charge in [-0.15, -0.1) is 0 Å². The van der Waals surface area contributed by atoms with Gasteiger partial charge in [0.05, 0.1) is 5.56 Å². The van der Waals surface area contributed by atoms with E-state index < -0.39 is 0 Å². The quantitative estimate of drug-likeness (QED) is 0.370. The van der Waals surface area contributed by atoms with Crippen LogP contribution in [0.2, 0.25) is 0 Å². The zero-order chi connectivity index (χ0) is 14.2. The zero-order valence-corrected chi connectivity index (χ0v) is 12.0. The predicted molar refractivity (Wildman–Crippen MR) is 76.8 cm³/mol. The largest absolute Gasteiger partial charge is 0.409 e. The van der Waals surface area contributed by atoms with Gasteiger partial charge in [-0.2, -0.15) is 0 Å². The summed E-state index contributed by atoms with van der Waals surface area (Å²) in [6, 6.07) is 2.38. The lowest BCUT2D eigenvalue weighted by Crippen LogP contribution is -2.31. The first-order valence-electron chi connectivity index (χ1n) is 6.66. The second kappa shape index (κ2) is 5.07. The Bertz CT molecular complexity index is 512. The van der Waals surface area contributed by atoms with Crippen LogP contribution in [-0.4, -0.2) is 28.6 Å². The molecule has 1 aliphatic rings. The summed E-state index contributed by atoms with van der Waals surface area (Å²) < 4.78 is 0. The molecule has 1 aromatic rings. The van der Waals surface area contributed by atoms with Gasteiger partial charge >= 0.3 is 0 Å². The fraction of sp³-hybridized carbons (Fsp3) is 0.571. The molecule has 2 heterocycles. The van der Waals surface area contributed by atoms with Gasteiger partial charge in [-0.25, -0.2) is 4.98 Å². The van der Waals surface area contributed by atoms with E-state index in [4.69, 9.17) is 10.9 Å². The summed E-state index contributed by atoms with van der Waals surface area (Å²) in [7, 11) is 0. The minimum absolute atomic E-state index is 0.131. The SMILES string of the molecule is Cc1cc(C)c(/C(N)=N/O)c(N2CC(C)CC2C)n1. The van der Waals surface area contributed by atoms with Gasteiger partial charge in [0.25, 0.3) is 0 Å². The van der Waals surface area contributed by atoms with Crippen LogP contribution >= 0.6 is 0 Å². The van der Waals surface area contributed by atoms with Crippen LogP contribution in [0.3, 0.4) is 0 Å². The van der Waals surface area contributed by atoms with Gasteiger partial charge in [0.15, 0.2) is 5.84 Å². The summed E-state index contributed by atoms with van der Waals surface area (Å²) >= 11 is 0. The average molecular weight is 262 g/mol. The lowest BCUT2D eigenvalue weighted by molar-refractivity contribution is 0.318. The number of amidine groups is 1. The van der Waals surface area contributed by atoms with Crippen LogP contribution in [0, 0.1) is 19.8 Å².